The number of carbonyl (C=O) groups excluding carboxylic acids is 2. The van der Waals surface area contributed by atoms with Crippen molar-refractivity contribution in [2.24, 2.45) is 0 Å². The fourth-order valence-corrected chi connectivity index (χ4v) is 1.71. The molecule has 0 aliphatic heterocycles. The first-order chi connectivity index (χ1) is 9.08. The van der Waals surface area contributed by atoms with E-state index in [1.54, 1.807) is 32.4 Å². The summed E-state index contributed by atoms with van der Waals surface area (Å²) in [7, 11) is 0. The van der Waals surface area contributed by atoms with Gasteiger partial charge in [-0.25, -0.2) is 4.79 Å². The zero-order chi connectivity index (χ0) is 15.5. The van der Waals surface area contributed by atoms with Crippen molar-refractivity contribution in [2.45, 2.75) is 59.7 Å². The van der Waals surface area contributed by atoms with E-state index >= 15 is 0 Å². The van der Waals surface area contributed by atoms with Gasteiger partial charge in [-0.05, 0) is 47.6 Å². The summed E-state index contributed by atoms with van der Waals surface area (Å²) in [5.74, 6) is -0.714. The molecule has 0 aliphatic carbocycles. The van der Waals surface area contributed by atoms with Gasteiger partial charge in [-0.15, -0.1) is 0 Å². The van der Waals surface area contributed by atoms with Crippen molar-refractivity contribution in [1.29, 1.82) is 0 Å². The summed E-state index contributed by atoms with van der Waals surface area (Å²) in [6.45, 7) is 10.8. The Kier molecular flexibility index (Phi) is 4.92. The molecule has 112 valence electrons. The number of aryl methyl sites for hydroxylation is 2. The molecule has 0 radical (unpaired) electrons. The minimum absolute atomic E-state index is 0.0901. The van der Waals surface area contributed by atoms with Gasteiger partial charge in [0.05, 0.1) is 5.69 Å². The average molecular weight is 281 g/mol. The number of esters is 1. The second kappa shape index (κ2) is 6.07. The predicted octanol–water partition coefficient (Wildman–Crippen LogP) is 1.35. The molecule has 20 heavy (non-hydrogen) atoms. The van der Waals surface area contributed by atoms with Crippen LogP contribution in [0.4, 0.5) is 0 Å². The molecule has 1 amide bonds. The summed E-state index contributed by atoms with van der Waals surface area (Å²) < 4.78 is 6.81. The predicted molar refractivity (Wildman–Crippen MR) is 75.2 cm³/mol. The van der Waals surface area contributed by atoms with Crippen molar-refractivity contribution in [3.8, 4) is 0 Å². The second-order valence-corrected chi connectivity index (χ2v) is 5.91. The topological polar surface area (TPSA) is 73.2 Å². The molecule has 0 unspecified atom stereocenters. The van der Waals surface area contributed by atoms with Gasteiger partial charge in [0.1, 0.15) is 18.2 Å². The normalized spacial score (nSPS) is 12.9. The number of carbonyl (C=O) groups is 2. The minimum atomic E-state index is -0.682. The fourth-order valence-electron chi connectivity index (χ4n) is 1.71. The second-order valence-electron chi connectivity index (χ2n) is 5.91. The van der Waals surface area contributed by atoms with Crippen LogP contribution in [-0.2, 0) is 20.9 Å². The Hall–Kier alpha value is -1.85. The Morgan fingerprint density at radius 2 is 2.00 bits per heavy atom. The van der Waals surface area contributed by atoms with Gasteiger partial charge < -0.3 is 10.1 Å². The van der Waals surface area contributed by atoms with Gasteiger partial charge in [0, 0.05) is 5.69 Å². The number of nitrogens with zero attached hydrogens (tertiary/aromatic N) is 2. The maximum absolute atomic E-state index is 11.9. The van der Waals surface area contributed by atoms with Crippen LogP contribution >= 0.6 is 0 Å². The van der Waals surface area contributed by atoms with Gasteiger partial charge in [-0.1, -0.05) is 0 Å². The number of aromatic nitrogens is 2. The maximum Gasteiger partial charge on any atom is 0.328 e. The lowest BCUT2D eigenvalue weighted by Gasteiger charge is -2.22. The first kappa shape index (κ1) is 16.2. The van der Waals surface area contributed by atoms with Gasteiger partial charge in [0.2, 0.25) is 5.91 Å². The van der Waals surface area contributed by atoms with E-state index in [1.807, 2.05) is 19.9 Å². The minimum Gasteiger partial charge on any atom is -0.458 e. The first-order valence-corrected chi connectivity index (χ1v) is 6.62. The molecule has 1 N–H and O–H groups in total. The Bertz CT molecular complexity index is 500. The van der Waals surface area contributed by atoms with Crippen LogP contribution < -0.4 is 5.32 Å². The number of ether oxygens (including phenoxy) is 1. The SMILES string of the molecule is Cc1cc(C)n(CC(=O)N[C@@H](C)C(=O)OC(C)(C)C)n1. The average Bonchev–Trinajstić information content (AvgIpc) is 2.54. The molecular formula is C14H23N3O3. The lowest BCUT2D eigenvalue weighted by atomic mass is 10.2. The standard InChI is InChI=1S/C14H23N3O3/c1-9-7-10(2)17(16-9)8-12(18)15-11(3)13(19)20-14(4,5)6/h7,11H,8H2,1-6H3,(H,15,18)/t11-/m0/s1. The van der Waals surface area contributed by atoms with Crippen LogP contribution in [0.15, 0.2) is 6.07 Å². The van der Waals surface area contributed by atoms with Crippen LogP contribution in [0.3, 0.4) is 0 Å². The molecule has 1 aromatic heterocycles. The third-order valence-electron chi connectivity index (χ3n) is 2.53. The van der Waals surface area contributed by atoms with Crippen LogP contribution in [0.25, 0.3) is 0 Å². The zero-order valence-electron chi connectivity index (χ0n) is 13.0. The number of rotatable bonds is 4. The Morgan fingerprint density at radius 1 is 1.40 bits per heavy atom. The largest absolute Gasteiger partial charge is 0.458 e. The van der Waals surface area contributed by atoms with Crippen molar-refractivity contribution < 1.29 is 14.3 Å². The van der Waals surface area contributed by atoms with Crippen LogP contribution in [0.1, 0.15) is 39.1 Å². The van der Waals surface area contributed by atoms with E-state index in [0.29, 0.717) is 0 Å². The van der Waals surface area contributed by atoms with E-state index in [4.69, 9.17) is 4.74 Å². The van der Waals surface area contributed by atoms with Gasteiger partial charge in [-0.3, -0.25) is 9.48 Å². The molecule has 0 fully saturated rings. The maximum atomic E-state index is 11.9. The Labute approximate surface area is 119 Å². The monoisotopic (exact) mass is 281 g/mol. The van der Waals surface area contributed by atoms with E-state index in [2.05, 4.69) is 10.4 Å². The highest BCUT2D eigenvalue weighted by molar-refractivity contribution is 5.84. The van der Waals surface area contributed by atoms with Crippen molar-refractivity contribution in [2.75, 3.05) is 0 Å². The van der Waals surface area contributed by atoms with Gasteiger partial charge in [-0.2, -0.15) is 5.10 Å². The van der Waals surface area contributed by atoms with Crippen LogP contribution in [0, 0.1) is 13.8 Å². The molecular weight excluding hydrogens is 258 g/mol. The summed E-state index contributed by atoms with van der Waals surface area (Å²) >= 11 is 0. The molecule has 1 heterocycles. The third kappa shape index (κ3) is 5.03. The van der Waals surface area contributed by atoms with Gasteiger partial charge >= 0.3 is 5.97 Å². The molecule has 0 spiro atoms. The van der Waals surface area contributed by atoms with E-state index in [1.165, 1.54) is 0 Å². The highest BCUT2D eigenvalue weighted by Crippen LogP contribution is 2.08. The highest BCUT2D eigenvalue weighted by Gasteiger charge is 2.23. The smallest absolute Gasteiger partial charge is 0.328 e. The number of amides is 1. The van der Waals surface area contributed by atoms with E-state index in [-0.39, 0.29) is 12.5 Å². The quantitative estimate of drug-likeness (QED) is 0.845. The van der Waals surface area contributed by atoms with E-state index < -0.39 is 17.6 Å². The summed E-state index contributed by atoms with van der Waals surface area (Å²) in [6, 6.07) is 1.21. The van der Waals surface area contributed by atoms with E-state index in [0.717, 1.165) is 11.4 Å². The summed E-state index contributed by atoms with van der Waals surface area (Å²) in [5.41, 5.74) is 1.20. The van der Waals surface area contributed by atoms with Crippen molar-refractivity contribution in [1.82, 2.24) is 15.1 Å². The summed E-state index contributed by atoms with van der Waals surface area (Å²) in [4.78, 5) is 23.6. The van der Waals surface area contributed by atoms with Gasteiger partial charge in [0.25, 0.3) is 0 Å². The Morgan fingerprint density at radius 3 is 2.45 bits per heavy atom. The summed E-state index contributed by atoms with van der Waals surface area (Å²) in [5, 5.41) is 6.81. The fraction of sp³-hybridized carbons (Fsp3) is 0.643. The van der Waals surface area contributed by atoms with Crippen molar-refractivity contribution >= 4 is 11.9 Å². The molecule has 0 bridgehead atoms. The molecule has 1 rings (SSSR count). The highest BCUT2D eigenvalue weighted by atomic mass is 16.6. The van der Waals surface area contributed by atoms with Crippen LogP contribution in [0.2, 0.25) is 0 Å². The van der Waals surface area contributed by atoms with Crippen molar-refractivity contribution in [3.05, 3.63) is 17.5 Å². The molecule has 0 saturated heterocycles. The van der Waals surface area contributed by atoms with Gasteiger partial charge in [0.15, 0.2) is 0 Å². The zero-order valence-corrected chi connectivity index (χ0v) is 13.0. The van der Waals surface area contributed by atoms with Crippen LogP contribution in [0.5, 0.6) is 0 Å². The molecule has 6 nitrogen and oxygen atoms in total. The first-order valence-electron chi connectivity index (χ1n) is 6.62. The lowest BCUT2D eigenvalue weighted by Crippen LogP contribution is -2.43. The molecule has 0 aromatic carbocycles. The lowest BCUT2D eigenvalue weighted by molar-refractivity contribution is -0.158. The van der Waals surface area contributed by atoms with E-state index in [9.17, 15) is 9.59 Å². The van der Waals surface area contributed by atoms with Crippen molar-refractivity contribution in [3.63, 3.8) is 0 Å². The Balaban J connectivity index is 2.54. The number of hydrogen-bond acceptors (Lipinski definition) is 4. The molecule has 1 aromatic rings. The molecule has 0 saturated carbocycles. The number of hydrogen-bond donors (Lipinski definition) is 1. The summed E-state index contributed by atoms with van der Waals surface area (Å²) in [6.07, 6.45) is 0. The third-order valence-corrected chi connectivity index (χ3v) is 2.53. The molecule has 1 atom stereocenters. The van der Waals surface area contributed by atoms with Crippen LogP contribution in [-0.4, -0.2) is 33.3 Å². The molecule has 0 aliphatic rings. The number of nitrogens with one attached hydrogen (secondary N) is 1. The molecule has 6 heteroatoms.